The van der Waals surface area contributed by atoms with Gasteiger partial charge in [-0.15, -0.1) is 0 Å². The van der Waals surface area contributed by atoms with E-state index in [9.17, 15) is 45.3 Å². The molecule has 15 heteroatoms. The van der Waals surface area contributed by atoms with Gasteiger partial charge in [-0.25, -0.2) is 0 Å². The molecule has 15 nitrogen and oxygen atoms in total. The summed E-state index contributed by atoms with van der Waals surface area (Å²) in [6, 6.07) is 0. The number of esters is 2. The van der Waals surface area contributed by atoms with E-state index in [1.165, 1.54) is 38.5 Å². The first-order valence-electron chi connectivity index (χ1n) is 26.9. The van der Waals surface area contributed by atoms with Gasteiger partial charge in [-0.1, -0.05) is 169 Å². The van der Waals surface area contributed by atoms with E-state index in [-0.39, 0.29) is 19.4 Å². The lowest BCUT2D eigenvalue weighted by Gasteiger charge is -2.42. The minimum atomic E-state index is -1.78. The summed E-state index contributed by atoms with van der Waals surface area (Å²) in [6.07, 6.45) is 37.3. The molecule has 0 bridgehead atoms. The number of carbonyl (C=O) groups is 2. The molecule has 2 aliphatic heterocycles. The van der Waals surface area contributed by atoms with E-state index >= 15 is 0 Å². The average Bonchev–Trinajstić information content (AvgIpc) is 3.37. The predicted octanol–water partition coefficient (Wildman–Crippen LogP) is 8.15. The van der Waals surface area contributed by atoms with Gasteiger partial charge in [0.05, 0.1) is 19.8 Å². The Labute approximate surface area is 430 Å². The van der Waals surface area contributed by atoms with Crippen LogP contribution in [-0.4, -0.2) is 142 Å². The van der Waals surface area contributed by atoms with Crippen molar-refractivity contribution in [3.63, 3.8) is 0 Å². The van der Waals surface area contributed by atoms with Crippen molar-refractivity contribution in [3.8, 4) is 0 Å². The molecule has 0 aromatic carbocycles. The zero-order valence-electron chi connectivity index (χ0n) is 43.4. The molecule has 0 aromatic rings. The van der Waals surface area contributed by atoms with E-state index < -0.39 is 99.3 Å². The fraction of sp³-hybridized carbons (Fsp3) is 0.684. The van der Waals surface area contributed by atoms with Gasteiger partial charge in [-0.2, -0.15) is 0 Å². The van der Waals surface area contributed by atoms with Crippen LogP contribution in [0.25, 0.3) is 0 Å². The summed E-state index contributed by atoms with van der Waals surface area (Å²) >= 11 is 0. The molecule has 0 radical (unpaired) electrons. The largest absolute Gasteiger partial charge is 0.462 e. The van der Waals surface area contributed by atoms with Gasteiger partial charge in [0.1, 0.15) is 55.4 Å². The van der Waals surface area contributed by atoms with Gasteiger partial charge >= 0.3 is 11.9 Å². The molecule has 2 rings (SSSR count). The second-order valence-corrected chi connectivity index (χ2v) is 18.4. The number of carbonyl (C=O) groups excluding carboxylic acids is 2. The van der Waals surface area contributed by atoms with Gasteiger partial charge in [0.15, 0.2) is 18.7 Å². The van der Waals surface area contributed by atoms with Crippen LogP contribution < -0.4 is 0 Å². The van der Waals surface area contributed by atoms with Gasteiger partial charge in [-0.3, -0.25) is 9.59 Å². The van der Waals surface area contributed by atoms with Crippen molar-refractivity contribution in [1.82, 2.24) is 0 Å². The Morgan fingerprint density at radius 1 is 0.458 bits per heavy atom. The van der Waals surface area contributed by atoms with Gasteiger partial charge in [0, 0.05) is 12.8 Å². The zero-order chi connectivity index (χ0) is 52.4. The number of unbranched alkanes of at least 4 members (excludes halogenated alkanes) is 13. The first-order chi connectivity index (χ1) is 35.0. The van der Waals surface area contributed by atoms with E-state index in [0.717, 1.165) is 77.0 Å². The van der Waals surface area contributed by atoms with Crippen molar-refractivity contribution in [3.05, 3.63) is 97.2 Å². The maximum absolute atomic E-state index is 13.0. The van der Waals surface area contributed by atoms with E-state index in [2.05, 4.69) is 74.6 Å². The summed E-state index contributed by atoms with van der Waals surface area (Å²) in [4.78, 5) is 25.8. The molecule has 0 spiro atoms. The highest BCUT2D eigenvalue weighted by molar-refractivity contribution is 5.70. The fourth-order valence-electron chi connectivity index (χ4n) is 7.81. The normalized spacial score (nSPS) is 25.8. The van der Waals surface area contributed by atoms with Gasteiger partial charge in [-0.05, 0) is 70.6 Å². The lowest BCUT2D eigenvalue weighted by atomic mass is 9.98. The lowest BCUT2D eigenvalue weighted by Crippen LogP contribution is -2.61. The Morgan fingerprint density at radius 3 is 1.49 bits per heavy atom. The zero-order valence-corrected chi connectivity index (χ0v) is 43.4. The summed E-state index contributed by atoms with van der Waals surface area (Å²) < 4.78 is 33.5. The Balaban J connectivity index is 1.76. The molecule has 5 unspecified atom stereocenters. The number of hydrogen-bond acceptors (Lipinski definition) is 15. The smallest absolute Gasteiger partial charge is 0.306 e. The van der Waals surface area contributed by atoms with Crippen molar-refractivity contribution >= 4 is 11.9 Å². The molecule has 2 heterocycles. The van der Waals surface area contributed by atoms with Crippen molar-refractivity contribution in [1.29, 1.82) is 0 Å². The molecule has 72 heavy (non-hydrogen) atoms. The fourth-order valence-corrected chi connectivity index (χ4v) is 7.81. The summed E-state index contributed by atoms with van der Waals surface area (Å²) in [6.45, 7) is 2.27. The second kappa shape index (κ2) is 42.7. The highest BCUT2D eigenvalue weighted by Crippen LogP contribution is 2.26. The molecule has 11 atom stereocenters. The van der Waals surface area contributed by atoms with Gasteiger partial charge < -0.3 is 64.2 Å². The predicted molar refractivity (Wildman–Crippen MR) is 279 cm³/mol. The number of aliphatic hydroxyl groups excluding tert-OH is 7. The van der Waals surface area contributed by atoms with Crippen LogP contribution in [0.1, 0.15) is 155 Å². The quantitative estimate of drug-likeness (QED) is 0.0133. The summed E-state index contributed by atoms with van der Waals surface area (Å²) in [5, 5.41) is 72.1. The monoisotopic (exact) mass is 1020 g/mol. The summed E-state index contributed by atoms with van der Waals surface area (Å²) in [7, 11) is 0. The molecular weight excluding hydrogens is 925 g/mol. The van der Waals surface area contributed by atoms with E-state index in [1.54, 1.807) is 0 Å². The number of aliphatic hydroxyl groups is 7. The maximum Gasteiger partial charge on any atom is 0.306 e. The Hall–Kier alpha value is -3.58. The van der Waals surface area contributed by atoms with Crippen molar-refractivity contribution < 1.29 is 73.8 Å². The van der Waals surface area contributed by atoms with Crippen LogP contribution in [0.3, 0.4) is 0 Å². The third-order valence-electron chi connectivity index (χ3n) is 12.2. The van der Waals surface area contributed by atoms with Gasteiger partial charge in [0.25, 0.3) is 0 Å². The second-order valence-electron chi connectivity index (χ2n) is 18.4. The summed E-state index contributed by atoms with van der Waals surface area (Å²) in [5.74, 6) is -0.985. The standard InChI is InChI=1S/C57H92O15/c1-3-5-7-9-11-13-15-17-18-19-20-21-22-23-24-25-26-28-29-31-33-35-37-39-48(59)67-42-45(70-49(60)40-38-36-34-32-30-27-16-14-12-10-8-6-4-2)43-68-56-55(66)53(64)51(62)47(72-56)44-69-57-54(65)52(63)50(61)46(41-58)71-57/h5-8,10-14,16-18,20-21,27,30,45-47,50-58,61-66H,3-4,9,15,19,22-26,28-29,31-44H2,1-2H3/b7-5+,8-6+,12-10+,13-11+,16-14+,18-17+,21-20+,30-27+/t45?,46-,47-,50+,51+,52?,53?,54?,55?,56-,57-/m1/s1. The summed E-state index contributed by atoms with van der Waals surface area (Å²) in [5.41, 5.74) is 0. The van der Waals surface area contributed by atoms with Crippen LogP contribution in [0.2, 0.25) is 0 Å². The topological polar surface area (TPSA) is 231 Å². The molecule has 0 amide bonds. The highest BCUT2D eigenvalue weighted by atomic mass is 16.7. The third-order valence-corrected chi connectivity index (χ3v) is 12.2. The van der Waals surface area contributed by atoms with Crippen LogP contribution in [0.15, 0.2) is 97.2 Å². The Bertz CT molecular complexity index is 1620. The molecule has 410 valence electrons. The number of hydrogen-bond donors (Lipinski definition) is 7. The molecule has 0 aliphatic carbocycles. The average molecular weight is 1020 g/mol. The molecule has 2 aliphatic rings. The number of allylic oxidation sites excluding steroid dienone is 16. The van der Waals surface area contributed by atoms with E-state index in [4.69, 9.17) is 28.4 Å². The molecule has 7 N–H and O–H groups in total. The van der Waals surface area contributed by atoms with E-state index in [1.807, 2.05) is 36.5 Å². The SMILES string of the molecule is CC/C=C/C=C/C=C/C=C/CCCCCC(=O)OC(COC(=O)CCCCCCCCCCCC/C=C/C/C=C/C/C=C/C/C=C/CC)CO[C@@H]1O[C@H](CO[C@@H]2O[C@H](CO)[C@H](O)C(O)C2O)[C@H](O)C(O)C1O. The third kappa shape index (κ3) is 30.0. The Kier molecular flexibility index (Phi) is 38.3. The van der Waals surface area contributed by atoms with Crippen LogP contribution in [0.4, 0.5) is 0 Å². The van der Waals surface area contributed by atoms with Crippen LogP contribution in [0, 0.1) is 0 Å². The number of rotatable bonds is 40. The molecule has 0 aromatic heterocycles. The number of ether oxygens (including phenoxy) is 6. The van der Waals surface area contributed by atoms with Crippen molar-refractivity contribution in [2.45, 2.75) is 223 Å². The van der Waals surface area contributed by atoms with Gasteiger partial charge in [0.2, 0.25) is 0 Å². The lowest BCUT2D eigenvalue weighted by molar-refractivity contribution is -0.332. The molecule has 0 saturated carbocycles. The molecular formula is C57H92O15. The minimum Gasteiger partial charge on any atom is -0.462 e. The highest BCUT2D eigenvalue weighted by Gasteiger charge is 2.47. The molecule has 2 fully saturated rings. The first-order valence-corrected chi connectivity index (χ1v) is 26.9. The van der Waals surface area contributed by atoms with Crippen LogP contribution in [0.5, 0.6) is 0 Å². The van der Waals surface area contributed by atoms with Crippen molar-refractivity contribution in [2.24, 2.45) is 0 Å². The minimum absolute atomic E-state index is 0.113. The maximum atomic E-state index is 13.0. The first kappa shape index (κ1) is 64.5. The Morgan fingerprint density at radius 2 is 0.903 bits per heavy atom. The van der Waals surface area contributed by atoms with Crippen LogP contribution in [-0.2, 0) is 38.0 Å². The van der Waals surface area contributed by atoms with Crippen LogP contribution >= 0.6 is 0 Å². The molecule has 2 saturated heterocycles. The van der Waals surface area contributed by atoms with Crippen molar-refractivity contribution in [2.75, 3.05) is 26.4 Å². The van der Waals surface area contributed by atoms with E-state index in [0.29, 0.717) is 12.8 Å².